The van der Waals surface area contributed by atoms with E-state index in [0.29, 0.717) is 13.1 Å². The lowest BCUT2D eigenvalue weighted by molar-refractivity contribution is -0.137. The number of halogens is 3. The lowest BCUT2D eigenvalue weighted by Crippen LogP contribution is -2.49. The summed E-state index contributed by atoms with van der Waals surface area (Å²) in [6, 6.07) is 14.7. The summed E-state index contributed by atoms with van der Waals surface area (Å²) in [6.45, 7) is 2.76. The van der Waals surface area contributed by atoms with Gasteiger partial charge in [-0.2, -0.15) is 13.2 Å². The first-order valence-corrected chi connectivity index (χ1v) is 10.1. The Balaban J connectivity index is 1.35. The molecule has 3 rings (SSSR count). The number of rotatable bonds is 7. The molecule has 1 fully saturated rings. The second-order valence-corrected chi connectivity index (χ2v) is 7.24. The Labute approximate surface area is 179 Å². The van der Waals surface area contributed by atoms with Crippen molar-refractivity contribution in [2.24, 2.45) is 0 Å². The highest BCUT2D eigenvalue weighted by Crippen LogP contribution is 2.30. The normalized spacial score (nSPS) is 14.3. The molecule has 1 saturated heterocycles. The van der Waals surface area contributed by atoms with Crippen LogP contribution < -0.4 is 15.5 Å². The van der Waals surface area contributed by atoms with Crippen LogP contribution >= 0.6 is 0 Å². The van der Waals surface area contributed by atoms with E-state index >= 15 is 0 Å². The molecule has 2 aromatic rings. The highest BCUT2D eigenvalue weighted by molar-refractivity contribution is 5.82. The number of benzene rings is 2. The molecule has 0 saturated carbocycles. The minimum atomic E-state index is -4.44. The zero-order chi connectivity index (χ0) is 22.3. The van der Waals surface area contributed by atoms with E-state index in [-0.39, 0.29) is 37.0 Å². The molecule has 0 aromatic heterocycles. The van der Waals surface area contributed by atoms with Crippen LogP contribution in [0.5, 0.6) is 0 Å². The fourth-order valence-electron chi connectivity index (χ4n) is 3.37. The predicted molar refractivity (Wildman–Crippen MR) is 113 cm³/mol. The van der Waals surface area contributed by atoms with Crippen molar-refractivity contribution in [2.75, 3.05) is 49.5 Å². The Morgan fingerprint density at radius 1 is 0.935 bits per heavy atom. The summed E-state index contributed by atoms with van der Waals surface area (Å²) in [4.78, 5) is 28.3. The lowest BCUT2D eigenvalue weighted by Gasteiger charge is -2.36. The number of hydrogen-bond donors (Lipinski definition) is 2. The molecule has 1 heterocycles. The molecule has 6 nitrogen and oxygen atoms in total. The molecular formula is C22H25F3N4O2. The molecule has 166 valence electrons. The molecule has 0 atom stereocenters. The summed E-state index contributed by atoms with van der Waals surface area (Å²) < 4.78 is 38.2. The zero-order valence-electron chi connectivity index (χ0n) is 17.0. The molecular weight excluding hydrogens is 409 g/mol. The first-order valence-electron chi connectivity index (χ1n) is 10.1. The highest BCUT2D eigenvalue weighted by atomic mass is 19.4. The number of carbonyl (C=O) groups is 2. The maximum Gasteiger partial charge on any atom is 0.416 e. The average Bonchev–Trinajstić information content (AvgIpc) is 2.78. The molecule has 0 unspecified atom stereocenters. The summed E-state index contributed by atoms with van der Waals surface area (Å²) in [6.07, 6.45) is -4.26. The van der Waals surface area contributed by atoms with Gasteiger partial charge < -0.3 is 20.4 Å². The van der Waals surface area contributed by atoms with Crippen LogP contribution in [0.15, 0.2) is 54.6 Å². The minimum Gasteiger partial charge on any atom is -0.376 e. The monoisotopic (exact) mass is 434 g/mol. The van der Waals surface area contributed by atoms with Gasteiger partial charge in [0.25, 0.3) is 0 Å². The average molecular weight is 434 g/mol. The first kappa shape index (κ1) is 22.5. The van der Waals surface area contributed by atoms with Crippen LogP contribution in [0, 0.1) is 0 Å². The number of para-hydroxylation sites is 1. The number of nitrogens with zero attached hydrogens (tertiary/aromatic N) is 2. The molecule has 1 aliphatic rings. The van der Waals surface area contributed by atoms with E-state index < -0.39 is 11.7 Å². The number of hydrogen-bond acceptors (Lipinski definition) is 4. The third-order valence-electron chi connectivity index (χ3n) is 5.06. The first-order chi connectivity index (χ1) is 14.8. The van der Waals surface area contributed by atoms with Crippen LogP contribution in [-0.4, -0.2) is 56.0 Å². The Kier molecular flexibility index (Phi) is 7.38. The van der Waals surface area contributed by atoms with Crippen molar-refractivity contribution < 1.29 is 22.8 Å². The van der Waals surface area contributed by atoms with E-state index in [0.717, 1.165) is 30.9 Å². The maximum absolute atomic E-state index is 12.7. The fraction of sp³-hybridized carbons (Fsp3) is 0.364. The number of carbonyl (C=O) groups excluding carboxylic acids is 2. The molecule has 2 aromatic carbocycles. The molecule has 0 radical (unpaired) electrons. The number of nitrogens with one attached hydrogen (secondary N) is 2. The SMILES string of the molecule is O=C(CNc1cccc(C(F)(F)F)c1)NCCC(=O)N1CCN(c2ccccc2)CC1. The van der Waals surface area contributed by atoms with Crippen LogP contribution in [-0.2, 0) is 15.8 Å². The van der Waals surface area contributed by atoms with E-state index in [1.165, 1.54) is 12.1 Å². The largest absolute Gasteiger partial charge is 0.416 e. The molecule has 0 spiro atoms. The van der Waals surface area contributed by atoms with Gasteiger partial charge in [-0.3, -0.25) is 9.59 Å². The molecule has 1 aliphatic heterocycles. The third kappa shape index (κ3) is 6.63. The quantitative estimate of drug-likeness (QED) is 0.703. The van der Waals surface area contributed by atoms with E-state index in [1.807, 2.05) is 30.3 Å². The van der Waals surface area contributed by atoms with Crippen LogP contribution in [0.4, 0.5) is 24.5 Å². The van der Waals surface area contributed by atoms with Crippen molar-refractivity contribution >= 4 is 23.2 Å². The standard InChI is InChI=1S/C22H25F3N4O2/c23-22(24,25)17-5-4-6-18(15-17)27-16-20(30)26-10-9-21(31)29-13-11-28(12-14-29)19-7-2-1-3-8-19/h1-8,15,27H,9-14,16H2,(H,26,30). The second-order valence-electron chi connectivity index (χ2n) is 7.24. The maximum atomic E-state index is 12.7. The second kappa shape index (κ2) is 10.2. The molecule has 9 heteroatoms. The van der Waals surface area contributed by atoms with Crippen molar-refractivity contribution in [3.63, 3.8) is 0 Å². The Bertz CT molecular complexity index is 882. The number of amides is 2. The number of alkyl halides is 3. The lowest BCUT2D eigenvalue weighted by atomic mass is 10.2. The van der Waals surface area contributed by atoms with E-state index in [1.54, 1.807) is 4.90 Å². The van der Waals surface area contributed by atoms with Crippen LogP contribution in [0.2, 0.25) is 0 Å². The van der Waals surface area contributed by atoms with Crippen molar-refractivity contribution in [1.82, 2.24) is 10.2 Å². The molecule has 2 amide bonds. The van der Waals surface area contributed by atoms with Gasteiger partial charge in [0.2, 0.25) is 11.8 Å². The van der Waals surface area contributed by atoms with Gasteiger partial charge in [0, 0.05) is 50.5 Å². The number of anilines is 2. The topological polar surface area (TPSA) is 64.7 Å². The summed E-state index contributed by atoms with van der Waals surface area (Å²) in [5.41, 5.74) is 0.559. The Morgan fingerprint density at radius 2 is 1.65 bits per heavy atom. The summed E-state index contributed by atoms with van der Waals surface area (Å²) in [7, 11) is 0. The molecule has 2 N–H and O–H groups in total. The molecule has 0 aliphatic carbocycles. The van der Waals surface area contributed by atoms with Gasteiger partial charge in [0.05, 0.1) is 12.1 Å². The van der Waals surface area contributed by atoms with Gasteiger partial charge in [-0.15, -0.1) is 0 Å². The zero-order valence-corrected chi connectivity index (χ0v) is 17.0. The summed E-state index contributed by atoms with van der Waals surface area (Å²) >= 11 is 0. The van der Waals surface area contributed by atoms with Crippen LogP contribution in [0.3, 0.4) is 0 Å². The predicted octanol–water partition coefficient (Wildman–Crippen LogP) is 2.97. The van der Waals surface area contributed by atoms with Crippen molar-refractivity contribution in [2.45, 2.75) is 12.6 Å². The summed E-state index contributed by atoms with van der Waals surface area (Å²) in [5, 5.41) is 5.29. The van der Waals surface area contributed by atoms with Crippen molar-refractivity contribution in [1.29, 1.82) is 0 Å². The third-order valence-corrected chi connectivity index (χ3v) is 5.06. The van der Waals surface area contributed by atoms with Gasteiger partial charge in [0.15, 0.2) is 0 Å². The minimum absolute atomic E-state index is 0.0288. The van der Waals surface area contributed by atoms with E-state index in [9.17, 15) is 22.8 Å². The smallest absolute Gasteiger partial charge is 0.376 e. The van der Waals surface area contributed by atoms with Gasteiger partial charge in [-0.05, 0) is 30.3 Å². The van der Waals surface area contributed by atoms with Gasteiger partial charge in [-0.25, -0.2) is 0 Å². The van der Waals surface area contributed by atoms with Crippen LogP contribution in [0.25, 0.3) is 0 Å². The van der Waals surface area contributed by atoms with Gasteiger partial charge >= 0.3 is 6.18 Å². The Hall–Kier alpha value is -3.23. The van der Waals surface area contributed by atoms with E-state index in [4.69, 9.17) is 0 Å². The highest BCUT2D eigenvalue weighted by Gasteiger charge is 2.30. The fourth-order valence-corrected chi connectivity index (χ4v) is 3.37. The summed E-state index contributed by atoms with van der Waals surface area (Å²) in [5.74, 6) is -0.419. The van der Waals surface area contributed by atoms with E-state index in [2.05, 4.69) is 15.5 Å². The molecule has 31 heavy (non-hydrogen) atoms. The van der Waals surface area contributed by atoms with Crippen LogP contribution in [0.1, 0.15) is 12.0 Å². The number of piperazine rings is 1. The molecule has 0 bridgehead atoms. The Morgan fingerprint density at radius 3 is 2.32 bits per heavy atom. The van der Waals surface area contributed by atoms with Crippen molar-refractivity contribution in [3.8, 4) is 0 Å². The van der Waals surface area contributed by atoms with Crippen molar-refractivity contribution in [3.05, 3.63) is 60.2 Å². The van der Waals surface area contributed by atoms with Gasteiger partial charge in [-0.1, -0.05) is 24.3 Å². The van der Waals surface area contributed by atoms with Gasteiger partial charge in [0.1, 0.15) is 0 Å².